The topological polar surface area (TPSA) is 148 Å². The van der Waals surface area contributed by atoms with E-state index in [1.165, 1.54) is 13.8 Å². The van der Waals surface area contributed by atoms with Gasteiger partial charge in [0.25, 0.3) is 0 Å². The third kappa shape index (κ3) is 39.8. The molecule has 0 aliphatic rings. The molecule has 0 heterocycles. The van der Waals surface area contributed by atoms with Gasteiger partial charge in [-0.05, 0) is 6.42 Å². The van der Waals surface area contributed by atoms with Crippen LogP contribution in [0.1, 0.15) is 28.1 Å². The summed E-state index contributed by atoms with van der Waals surface area (Å²) in [6, 6.07) is 2.44. The zero-order valence-electron chi connectivity index (χ0n) is 11.2. The SMILES string of the molecule is CC#N.CC#N.N[C@@H](CCC(=O)O)C(=O)O.[H-].[Na+]. The Hall–Kier alpha value is -1.12. The van der Waals surface area contributed by atoms with Crippen LogP contribution in [0.2, 0.25) is 0 Å². The third-order valence-corrected chi connectivity index (χ3v) is 0.986. The summed E-state index contributed by atoms with van der Waals surface area (Å²) in [6.07, 6.45) is -0.224. The fourth-order valence-electron chi connectivity index (χ4n) is 0.402. The van der Waals surface area contributed by atoms with Crippen molar-refractivity contribution in [2.24, 2.45) is 5.73 Å². The molecule has 0 aliphatic carbocycles. The Morgan fingerprint density at radius 3 is 1.76 bits per heavy atom. The Labute approximate surface area is 124 Å². The first kappa shape index (κ1) is 24.9. The van der Waals surface area contributed by atoms with E-state index in [1.807, 2.05) is 0 Å². The largest absolute Gasteiger partial charge is 1.00 e. The number of nitrogens with two attached hydrogens (primary N) is 1. The summed E-state index contributed by atoms with van der Waals surface area (Å²) >= 11 is 0. The second-order valence-electron chi connectivity index (χ2n) is 2.32. The molecule has 7 nitrogen and oxygen atoms in total. The Morgan fingerprint density at radius 1 is 1.29 bits per heavy atom. The summed E-state index contributed by atoms with van der Waals surface area (Å²) in [4.78, 5) is 19.9. The molecule has 92 valence electrons. The first-order chi connectivity index (χ1) is 7.37. The maximum absolute atomic E-state index is 9.99. The number of hydrogen-bond donors (Lipinski definition) is 3. The van der Waals surface area contributed by atoms with Gasteiger partial charge in [0.2, 0.25) is 0 Å². The van der Waals surface area contributed by atoms with Crippen molar-refractivity contribution in [3.63, 3.8) is 0 Å². The molecule has 0 rings (SSSR count). The van der Waals surface area contributed by atoms with Crippen LogP contribution in [-0.2, 0) is 9.59 Å². The summed E-state index contributed by atoms with van der Waals surface area (Å²) in [5.41, 5.74) is 5.00. The van der Waals surface area contributed by atoms with Crippen LogP contribution >= 0.6 is 0 Å². The van der Waals surface area contributed by atoms with Crippen molar-refractivity contribution >= 4 is 11.9 Å². The van der Waals surface area contributed by atoms with Crippen molar-refractivity contribution in [2.75, 3.05) is 0 Å². The minimum absolute atomic E-state index is 0. The Kier molecular flexibility index (Phi) is 29.8. The average Bonchev–Trinajstić information content (AvgIpc) is 2.16. The molecule has 0 saturated heterocycles. The van der Waals surface area contributed by atoms with Gasteiger partial charge >= 0.3 is 41.5 Å². The van der Waals surface area contributed by atoms with E-state index in [-0.39, 0.29) is 43.8 Å². The van der Waals surface area contributed by atoms with Crippen molar-refractivity contribution in [2.45, 2.75) is 32.7 Å². The summed E-state index contributed by atoms with van der Waals surface area (Å²) in [5.74, 6) is -2.20. The molecule has 0 unspecified atom stereocenters. The molecule has 0 saturated carbocycles. The summed E-state index contributed by atoms with van der Waals surface area (Å²) in [7, 11) is 0. The molecular formula is C9H16N3NaO4. The van der Waals surface area contributed by atoms with Gasteiger partial charge < -0.3 is 17.4 Å². The molecule has 0 radical (unpaired) electrons. The number of nitrogens with zero attached hydrogens (tertiary/aromatic N) is 2. The molecule has 0 aromatic carbocycles. The Balaban J connectivity index is -0.0000000603. The monoisotopic (exact) mass is 253 g/mol. The summed E-state index contributed by atoms with van der Waals surface area (Å²) < 4.78 is 0. The van der Waals surface area contributed by atoms with Crippen LogP contribution in [0.5, 0.6) is 0 Å². The zero-order chi connectivity index (χ0) is 13.6. The quantitative estimate of drug-likeness (QED) is 0.466. The fourth-order valence-corrected chi connectivity index (χ4v) is 0.402. The van der Waals surface area contributed by atoms with Crippen molar-refractivity contribution in [1.82, 2.24) is 0 Å². The molecule has 8 heteroatoms. The molecule has 4 N–H and O–H groups in total. The Bertz CT molecular complexity index is 277. The van der Waals surface area contributed by atoms with Gasteiger partial charge in [-0.1, -0.05) is 0 Å². The molecule has 0 bridgehead atoms. The molecular weight excluding hydrogens is 237 g/mol. The molecule has 0 fully saturated rings. The minimum Gasteiger partial charge on any atom is -1.00 e. The van der Waals surface area contributed by atoms with Crippen LogP contribution in [0.15, 0.2) is 0 Å². The van der Waals surface area contributed by atoms with Crippen molar-refractivity contribution in [3.8, 4) is 12.1 Å². The van der Waals surface area contributed by atoms with Crippen LogP contribution in [0, 0.1) is 22.7 Å². The van der Waals surface area contributed by atoms with E-state index >= 15 is 0 Å². The molecule has 17 heavy (non-hydrogen) atoms. The van der Waals surface area contributed by atoms with Gasteiger partial charge in [0.15, 0.2) is 0 Å². The molecule has 1 atom stereocenters. The van der Waals surface area contributed by atoms with E-state index in [1.54, 1.807) is 12.1 Å². The van der Waals surface area contributed by atoms with Crippen molar-refractivity contribution < 1.29 is 50.8 Å². The maximum Gasteiger partial charge on any atom is 1.00 e. The molecule has 0 aliphatic heterocycles. The standard InChI is InChI=1S/C5H9NO4.2C2H3N.Na.H/c6-3(5(9)10)1-2-4(7)8;2*1-2-3;;/h3H,1-2,6H2,(H,7,8)(H,9,10);2*1H3;;/q;;;+1;-1/t3-;;;;/m0..../s1. The van der Waals surface area contributed by atoms with Gasteiger partial charge in [-0.2, -0.15) is 10.5 Å². The number of nitriles is 2. The van der Waals surface area contributed by atoms with Gasteiger partial charge in [0.05, 0.1) is 12.1 Å². The number of carboxylic acid groups (broad SMARTS) is 2. The van der Waals surface area contributed by atoms with Crippen molar-refractivity contribution in [3.05, 3.63) is 0 Å². The molecule has 0 aromatic rings. The van der Waals surface area contributed by atoms with Crippen LogP contribution in [0.4, 0.5) is 0 Å². The maximum atomic E-state index is 9.99. The number of aliphatic carboxylic acids is 2. The van der Waals surface area contributed by atoms with Gasteiger partial charge in [-0.3, -0.25) is 9.59 Å². The number of hydrogen-bond acceptors (Lipinski definition) is 5. The van der Waals surface area contributed by atoms with E-state index in [0.29, 0.717) is 0 Å². The molecule has 0 amide bonds. The van der Waals surface area contributed by atoms with Gasteiger partial charge in [-0.25, -0.2) is 0 Å². The van der Waals surface area contributed by atoms with Crippen LogP contribution in [-0.4, -0.2) is 28.2 Å². The Morgan fingerprint density at radius 2 is 1.59 bits per heavy atom. The molecule has 0 spiro atoms. The number of rotatable bonds is 4. The summed E-state index contributed by atoms with van der Waals surface area (Å²) in [5, 5.41) is 30.9. The van der Waals surface area contributed by atoms with Crippen LogP contribution in [0.25, 0.3) is 0 Å². The van der Waals surface area contributed by atoms with E-state index in [2.05, 4.69) is 0 Å². The fraction of sp³-hybridized carbons (Fsp3) is 0.556. The third-order valence-electron chi connectivity index (χ3n) is 0.986. The first-order valence-corrected chi connectivity index (χ1v) is 4.19. The summed E-state index contributed by atoms with van der Waals surface area (Å²) in [6.45, 7) is 2.86. The van der Waals surface area contributed by atoms with E-state index < -0.39 is 18.0 Å². The predicted octanol–water partition coefficient (Wildman–Crippen LogP) is -2.56. The van der Waals surface area contributed by atoms with Gasteiger partial charge in [0.1, 0.15) is 6.04 Å². The van der Waals surface area contributed by atoms with E-state index in [0.717, 1.165) is 0 Å². The van der Waals surface area contributed by atoms with Crippen LogP contribution in [0.3, 0.4) is 0 Å². The van der Waals surface area contributed by atoms with Crippen LogP contribution < -0.4 is 35.3 Å². The number of carbonyl (C=O) groups is 2. The second-order valence-corrected chi connectivity index (χ2v) is 2.32. The smallest absolute Gasteiger partial charge is 1.00 e. The first-order valence-electron chi connectivity index (χ1n) is 4.19. The number of carboxylic acids is 2. The molecule has 0 aromatic heterocycles. The minimum atomic E-state index is -1.17. The van der Waals surface area contributed by atoms with E-state index in [4.69, 9.17) is 26.5 Å². The van der Waals surface area contributed by atoms with Crippen molar-refractivity contribution in [1.29, 1.82) is 10.5 Å². The van der Waals surface area contributed by atoms with Gasteiger partial charge in [0, 0.05) is 20.3 Å². The predicted molar refractivity (Wildman–Crippen MR) is 56.2 cm³/mol. The normalized spacial score (nSPS) is 8.29. The van der Waals surface area contributed by atoms with Gasteiger partial charge in [-0.15, -0.1) is 0 Å². The van der Waals surface area contributed by atoms with E-state index in [9.17, 15) is 9.59 Å². The average molecular weight is 253 g/mol. The zero-order valence-corrected chi connectivity index (χ0v) is 12.2. The second kappa shape index (κ2) is 20.3.